The van der Waals surface area contributed by atoms with E-state index < -0.39 is 25.4 Å². The van der Waals surface area contributed by atoms with E-state index in [4.69, 9.17) is 0 Å². The number of hydrogen-bond acceptors (Lipinski definition) is 3. The molecule has 1 aromatic carbocycles. The summed E-state index contributed by atoms with van der Waals surface area (Å²) in [4.78, 5) is 27.4. The van der Waals surface area contributed by atoms with E-state index in [9.17, 15) is 14.7 Å². The van der Waals surface area contributed by atoms with Crippen LogP contribution in [0.3, 0.4) is 0 Å². The Kier molecular flexibility index (Phi) is 8.08. The Morgan fingerprint density at radius 2 is 1.80 bits per heavy atom. The van der Waals surface area contributed by atoms with E-state index in [1.165, 1.54) is 17.6 Å². The second kappa shape index (κ2) is 10.4. The standard InChI is InChI=1S/C26H35IO3/c1-4-24(29)27(3)23-18-21(13-16-26(30)14-9-6-10-15-26)22(25(23)19(2)28)17-20-11-7-5-8-12-20/h5,7-8,11-12,18,22,30H,4,6,9-10,13-17H2,1-3H3. The van der Waals surface area contributed by atoms with Gasteiger partial charge in [-0.25, -0.2) is 0 Å². The zero-order chi connectivity index (χ0) is 21.7. The maximum absolute atomic E-state index is 12.8. The molecule has 30 heavy (non-hydrogen) atoms. The molecular formula is C26H35IO3. The number of halogens is 1. The van der Waals surface area contributed by atoms with Crippen LogP contribution < -0.4 is 0 Å². The zero-order valence-corrected chi connectivity index (χ0v) is 20.7. The van der Waals surface area contributed by atoms with Gasteiger partial charge in [0.25, 0.3) is 0 Å². The van der Waals surface area contributed by atoms with Crippen LogP contribution in [0.2, 0.25) is 0 Å². The summed E-state index contributed by atoms with van der Waals surface area (Å²) in [5.74, 6) is 0.137. The van der Waals surface area contributed by atoms with Crippen molar-refractivity contribution in [3.05, 3.63) is 56.7 Å². The van der Waals surface area contributed by atoms with Crippen molar-refractivity contribution in [2.75, 3.05) is 4.93 Å². The van der Waals surface area contributed by atoms with Gasteiger partial charge in [-0.05, 0) is 0 Å². The first-order valence-electron chi connectivity index (χ1n) is 11.2. The molecule has 2 aliphatic rings. The van der Waals surface area contributed by atoms with Crippen molar-refractivity contribution in [2.24, 2.45) is 5.92 Å². The summed E-state index contributed by atoms with van der Waals surface area (Å²) in [6.07, 6.45) is 10.2. The number of Topliss-reactive ketones (excluding diaryl/α,β-unsaturated/α-hetero) is 1. The van der Waals surface area contributed by atoms with Crippen LogP contribution in [-0.4, -0.2) is 25.2 Å². The molecule has 3 rings (SSSR count). The normalized spacial score (nSPS) is 21.4. The molecule has 164 valence electrons. The molecule has 2 aliphatic carbocycles. The molecule has 0 heterocycles. The van der Waals surface area contributed by atoms with Crippen molar-refractivity contribution in [2.45, 2.75) is 77.2 Å². The van der Waals surface area contributed by atoms with E-state index in [0.29, 0.717) is 10.2 Å². The van der Waals surface area contributed by atoms with Crippen LogP contribution in [0.25, 0.3) is 0 Å². The molecule has 4 heteroatoms. The second-order valence-corrected chi connectivity index (χ2v) is 13.8. The molecule has 1 N–H and O–H groups in total. The molecule has 1 fully saturated rings. The van der Waals surface area contributed by atoms with E-state index in [0.717, 1.165) is 54.1 Å². The second-order valence-electron chi connectivity index (χ2n) is 8.75. The Morgan fingerprint density at radius 3 is 2.40 bits per heavy atom. The molecule has 1 unspecified atom stereocenters. The third kappa shape index (κ3) is 5.50. The van der Waals surface area contributed by atoms with Crippen molar-refractivity contribution >= 4 is 29.4 Å². The SMILES string of the molecule is CCC(=O)I(C)C1=C(C(C)=O)C(Cc2ccccc2)C(CCC2(O)CCCCC2)=C1. The molecule has 0 aromatic heterocycles. The van der Waals surface area contributed by atoms with E-state index in [1.54, 1.807) is 6.92 Å². The summed E-state index contributed by atoms with van der Waals surface area (Å²) >= 11 is -2.05. The number of ketones is 1. The molecule has 3 nitrogen and oxygen atoms in total. The molecule has 0 saturated heterocycles. The molecule has 1 aromatic rings. The molecule has 1 atom stereocenters. The first kappa shape index (κ1) is 23.4. The predicted octanol–water partition coefficient (Wildman–Crippen LogP) is 6.18. The van der Waals surface area contributed by atoms with Crippen LogP contribution >= 0.6 is 19.8 Å². The van der Waals surface area contributed by atoms with E-state index >= 15 is 0 Å². The monoisotopic (exact) mass is 522 g/mol. The fraction of sp³-hybridized carbons (Fsp3) is 0.538. The van der Waals surface area contributed by atoms with Gasteiger partial charge in [0.2, 0.25) is 0 Å². The number of alkyl halides is 1. The number of rotatable bonds is 9. The molecular weight excluding hydrogens is 487 g/mol. The third-order valence-corrected chi connectivity index (χ3v) is 11.8. The molecule has 1 saturated carbocycles. The van der Waals surface area contributed by atoms with Gasteiger partial charge in [-0.15, -0.1) is 0 Å². The topological polar surface area (TPSA) is 54.4 Å². The van der Waals surface area contributed by atoms with Gasteiger partial charge in [0, 0.05) is 0 Å². The Hall–Kier alpha value is -1.27. The van der Waals surface area contributed by atoms with Gasteiger partial charge in [0.05, 0.1) is 0 Å². The van der Waals surface area contributed by atoms with Crippen molar-refractivity contribution in [1.29, 1.82) is 0 Å². The van der Waals surface area contributed by atoms with Crippen LogP contribution in [0.5, 0.6) is 0 Å². The molecule has 0 radical (unpaired) electrons. The Bertz CT molecular complexity index is 831. The van der Waals surface area contributed by atoms with Gasteiger partial charge in [0.1, 0.15) is 0 Å². The predicted molar refractivity (Wildman–Crippen MR) is 132 cm³/mol. The minimum atomic E-state index is -2.05. The van der Waals surface area contributed by atoms with Crippen LogP contribution in [0, 0.1) is 5.92 Å². The van der Waals surface area contributed by atoms with Gasteiger partial charge < -0.3 is 0 Å². The van der Waals surface area contributed by atoms with Gasteiger partial charge in [-0.1, -0.05) is 0 Å². The van der Waals surface area contributed by atoms with E-state index in [1.807, 2.05) is 25.1 Å². The molecule has 0 amide bonds. The fourth-order valence-electron chi connectivity index (χ4n) is 4.82. The van der Waals surface area contributed by atoms with Gasteiger partial charge in [-0.3, -0.25) is 0 Å². The van der Waals surface area contributed by atoms with Gasteiger partial charge in [0.15, 0.2) is 0 Å². The van der Waals surface area contributed by atoms with Crippen molar-refractivity contribution < 1.29 is 14.7 Å². The van der Waals surface area contributed by atoms with Crippen LogP contribution in [0.15, 0.2) is 51.1 Å². The van der Waals surface area contributed by atoms with Gasteiger partial charge in [-0.2, -0.15) is 0 Å². The summed E-state index contributed by atoms with van der Waals surface area (Å²) < 4.78 is 1.39. The zero-order valence-electron chi connectivity index (χ0n) is 18.5. The average Bonchev–Trinajstić information content (AvgIpc) is 3.11. The summed E-state index contributed by atoms with van der Waals surface area (Å²) in [6.45, 7) is 3.57. The Balaban J connectivity index is 1.91. The number of carbonyl (C=O) groups excluding carboxylic acids is 2. The first-order valence-corrected chi connectivity index (χ1v) is 15.5. The van der Waals surface area contributed by atoms with E-state index in [2.05, 4.69) is 23.1 Å². The van der Waals surface area contributed by atoms with Gasteiger partial charge >= 0.3 is 189 Å². The number of benzene rings is 1. The molecule has 0 aliphatic heterocycles. The molecule has 0 bridgehead atoms. The number of aliphatic hydroxyl groups is 1. The number of allylic oxidation sites excluding steroid dienone is 4. The fourth-order valence-corrected chi connectivity index (χ4v) is 9.11. The Labute approximate surface area is 188 Å². The Morgan fingerprint density at radius 1 is 1.13 bits per heavy atom. The minimum absolute atomic E-state index is 0.0384. The van der Waals surface area contributed by atoms with Crippen molar-refractivity contribution in [1.82, 2.24) is 0 Å². The first-order chi connectivity index (χ1) is 14.3. The van der Waals surface area contributed by atoms with E-state index in [-0.39, 0.29) is 11.7 Å². The molecule has 0 spiro atoms. The summed E-state index contributed by atoms with van der Waals surface area (Å²) in [5.41, 5.74) is 2.76. The number of carbonyl (C=O) groups is 2. The average molecular weight is 522 g/mol. The summed E-state index contributed by atoms with van der Waals surface area (Å²) in [7, 11) is 0. The van der Waals surface area contributed by atoms with Crippen molar-refractivity contribution in [3.8, 4) is 0 Å². The quantitative estimate of drug-likeness (QED) is 0.240. The third-order valence-electron chi connectivity index (χ3n) is 6.59. The summed E-state index contributed by atoms with van der Waals surface area (Å²) in [5, 5.41) is 11.0. The summed E-state index contributed by atoms with van der Waals surface area (Å²) in [6, 6.07) is 10.3. The maximum atomic E-state index is 12.8. The van der Waals surface area contributed by atoms with Crippen molar-refractivity contribution in [3.63, 3.8) is 0 Å². The van der Waals surface area contributed by atoms with Crippen LogP contribution in [0.4, 0.5) is 0 Å². The van der Waals surface area contributed by atoms with Crippen LogP contribution in [0.1, 0.15) is 70.8 Å². The number of hydrogen-bond donors (Lipinski definition) is 1. The van der Waals surface area contributed by atoms with Crippen LogP contribution in [-0.2, 0) is 16.0 Å².